The first-order valence-corrected chi connectivity index (χ1v) is 8.55. The summed E-state index contributed by atoms with van der Waals surface area (Å²) in [6.45, 7) is 3.44. The van der Waals surface area contributed by atoms with E-state index in [0.29, 0.717) is 19.6 Å². The third-order valence-electron chi connectivity index (χ3n) is 5.01. The summed E-state index contributed by atoms with van der Waals surface area (Å²) in [5, 5.41) is 10.5. The van der Waals surface area contributed by atoms with Crippen LogP contribution >= 0.6 is 0 Å². The molecule has 2 aromatic carbocycles. The summed E-state index contributed by atoms with van der Waals surface area (Å²) in [7, 11) is 0. The summed E-state index contributed by atoms with van der Waals surface area (Å²) in [6.07, 6.45) is 0.505. The van der Waals surface area contributed by atoms with E-state index in [1.54, 1.807) is 4.90 Å². The van der Waals surface area contributed by atoms with Crippen LogP contribution in [0.4, 0.5) is 0 Å². The highest BCUT2D eigenvalue weighted by Crippen LogP contribution is 2.23. The summed E-state index contributed by atoms with van der Waals surface area (Å²) >= 11 is 0. The third-order valence-corrected chi connectivity index (χ3v) is 5.01. The van der Waals surface area contributed by atoms with Crippen molar-refractivity contribution < 1.29 is 9.90 Å². The lowest BCUT2D eigenvalue weighted by atomic mass is 10.00. The quantitative estimate of drug-likeness (QED) is 0.937. The fraction of sp³-hybridized carbons (Fsp3) is 0.350. The Kier molecular flexibility index (Phi) is 4.08. The van der Waals surface area contributed by atoms with Crippen molar-refractivity contribution in [1.82, 2.24) is 9.80 Å². The molecule has 4 rings (SSSR count). The van der Waals surface area contributed by atoms with Gasteiger partial charge in [-0.3, -0.25) is 9.69 Å². The van der Waals surface area contributed by atoms with Crippen molar-refractivity contribution in [3.63, 3.8) is 0 Å². The number of β-amino-alcohol motifs (C(OH)–C–C–N with tert-alkyl or cyclic N) is 1. The molecule has 0 aromatic heterocycles. The van der Waals surface area contributed by atoms with Gasteiger partial charge in [-0.25, -0.2) is 0 Å². The van der Waals surface area contributed by atoms with Gasteiger partial charge in [0.05, 0.1) is 6.10 Å². The molecule has 2 aliphatic rings. The minimum absolute atomic E-state index is 0.0358. The number of aliphatic hydroxyl groups excluding tert-OH is 1. The number of rotatable bonds is 4. The fourth-order valence-corrected chi connectivity index (χ4v) is 3.78. The van der Waals surface area contributed by atoms with Crippen LogP contribution in [0.3, 0.4) is 0 Å². The Labute approximate surface area is 142 Å². The first-order valence-electron chi connectivity index (χ1n) is 8.55. The van der Waals surface area contributed by atoms with Gasteiger partial charge in [0.25, 0.3) is 5.91 Å². The summed E-state index contributed by atoms with van der Waals surface area (Å²) < 4.78 is 0. The molecule has 0 bridgehead atoms. The largest absolute Gasteiger partial charge is 0.390 e. The Hall–Kier alpha value is -2.17. The number of nitrogens with zero attached hydrogens (tertiary/aromatic N) is 2. The Morgan fingerprint density at radius 1 is 0.917 bits per heavy atom. The van der Waals surface area contributed by atoms with E-state index >= 15 is 0 Å². The molecular weight excluding hydrogens is 300 g/mol. The van der Waals surface area contributed by atoms with Crippen molar-refractivity contribution in [2.45, 2.75) is 25.6 Å². The van der Waals surface area contributed by atoms with Crippen LogP contribution in [0.25, 0.3) is 0 Å². The van der Waals surface area contributed by atoms with Crippen molar-refractivity contribution >= 4 is 5.91 Å². The third kappa shape index (κ3) is 2.95. The molecule has 0 unspecified atom stereocenters. The van der Waals surface area contributed by atoms with Crippen LogP contribution in [0.1, 0.15) is 27.0 Å². The van der Waals surface area contributed by atoms with Gasteiger partial charge in [-0.2, -0.15) is 0 Å². The number of aliphatic hydroxyl groups is 1. The number of carbonyl (C=O) groups excluding carboxylic acids is 1. The molecule has 24 heavy (non-hydrogen) atoms. The molecule has 0 aliphatic carbocycles. The molecule has 1 atom stereocenters. The van der Waals surface area contributed by atoms with Crippen LogP contribution in [0.5, 0.6) is 0 Å². The monoisotopic (exact) mass is 322 g/mol. The second-order valence-electron chi connectivity index (χ2n) is 6.75. The van der Waals surface area contributed by atoms with Crippen molar-refractivity contribution in [2.24, 2.45) is 0 Å². The summed E-state index contributed by atoms with van der Waals surface area (Å²) in [5.74, 6) is 0.0358. The number of benzene rings is 2. The van der Waals surface area contributed by atoms with Crippen molar-refractivity contribution in [2.75, 3.05) is 19.6 Å². The second-order valence-corrected chi connectivity index (χ2v) is 6.75. The van der Waals surface area contributed by atoms with E-state index in [-0.39, 0.29) is 5.91 Å². The summed E-state index contributed by atoms with van der Waals surface area (Å²) in [4.78, 5) is 16.4. The molecule has 1 amide bonds. The first kappa shape index (κ1) is 15.4. The average Bonchev–Trinajstić information content (AvgIpc) is 2.91. The van der Waals surface area contributed by atoms with Gasteiger partial charge in [-0.05, 0) is 29.2 Å². The van der Waals surface area contributed by atoms with Crippen LogP contribution in [0.2, 0.25) is 0 Å². The Bertz CT molecular complexity index is 759. The smallest absolute Gasteiger partial charge is 0.254 e. The van der Waals surface area contributed by atoms with E-state index < -0.39 is 6.10 Å². The van der Waals surface area contributed by atoms with Gasteiger partial charge in [0.2, 0.25) is 0 Å². The molecule has 0 fully saturated rings. The van der Waals surface area contributed by atoms with Crippen molar-refractivity contribution in [3.8, 4) is 0 Å². The molecule has 124 valence electrons. The van der Waals surface area contributed by atoms with Gasteiger partial charge in [-0.15, -0.1) is 0 Å². The molecule has 2 heterocycles. The van der Waals surface area contributed by atoms with Crippen LogP contribution in [0, 0.1) is 0 Å². The van der Waals surface area contributed by atoms with Crippen LogP contribution in [0.15, 0.2) is 48.5 Å². The maximum atomic E-state index is 12.4. The maximum absolute atomic E-state index is 12.4. The van der Waals surface area contributed by atoms with Crippen molar-refractivity contribution in [3.05, 3.63) is 70.8 Å². The molecule has 4 heteroatoms. The summed E-state index contributed by atoms with van der Waals surface area (Å²) in [5.41, 5.74) is 4.59. The van der Waals surface area contributed by atoms with Gasteiger partial charge in [0.1, 0.15) is 0 Å². The first-order chi connectivity index (χ1) is 11.7. The van der Waals surface area contributed by atoms with Crippen molar-refractivity contribution in [1.29, 1.82) is 0 Å². The molecule has 2 aromatic rings. The van der Waals surface area contributed by atoms with E-state index in [2.05, 4.69) is 29.2 Å². The molecule has 0 spiro atoms. The SMILES string of the molecule is O=C1c2ccccc2CN1C[C@@H](O)CN1CCc2ccccc2C1. The normalized spacial score (nSPS) is 18.4. The topological polar surface area (TPSA) is 43.8 Å². The molecule has 1 N–H and O–H groups in total. The fourth-order valence-electron chi connectivity index (χ4n) is 3.78. The predicted molar refractivity (Wildman–Crippen MR) is 92.6 cm³/mol. The van der Waals surface area contributed by atoms with E-state index in [9.17, 15) is 9.90 Å². The van der Waals surface area contributed by atoms with Gasteiger partial charge >= 0.3 is 0 Å². The number of amides is 1. The minimum atomic E-state index is -0.520. The van der Waals surface area contributed by atoms with E-state index in [4.69, 9.17) is 0 Å². The lowest BCUT2D eigenvalue weighted by molar-refractivity contribution is 0.0526. The highest BCUT2D eigenvalue weighted by molar-refractivity contribution is 5.98. The lowest BCUT2D eigenvalue weighted by Gasteiger charge is -2.31. The van der Waals surface area contributed by atoms with Gasteiger partial charge in [0, 0.05) is 38.3 Å². The highest BCUT2D eigenvalue weighted by atomic mass is 16.3. The zero-order valence-corrected chi connectivity index (χ0v) is 13.7. The predicted octanol–water partition coefficient (Wildman–Crippen LogP) is 2.06. The number of hydrogen-bond donors (Lipinski definition) is 1. The minimum Gasteiger partial charge on any atom is -0.390 e. The molecule has 0 saturated heterocycles. The standard InChI is InChI=1S/C20H22N2O2/c23-18(13-21-10-9-15-5-1-2-6-16(15)11-21)14-22-12-17-7-3-4-8-19(17)20(22)24/h1-8,18,23H,9-14H2/t18-/m0/s1. The van der Waals surface area contributed by atoms with Crippen LogP contribution < -0.4 is 0 Å². The van der Waals surface area contributed by atoms with E-state index in [1.807, 2.05) is 24.3 Å². The average molecular weight is 322 g/mol. The Morgan fingerprint density at radius 3 is 2.42 bits per heavy atom. The number of hydrogen-bond acceptors (Lipinski definition) is 3. The molecule has 2 aliphatic heterocycles. The van der Waals surface area contributed by atoms with Gasteiger partial charge in [-0.1, -0.05) is 42.5 Å². The lowest BCUT2D eigenvalue weighted by Crippen LogP contribution is -2.42. The Balaban J connectivity index is 1.35. The molecule has 0 saturated carbocycles. The second kappa shape index (κ2) is 6.38. The van der Waals surface area contributed by atoms with E-state index in [1.165, 1.54) is 11.1 Å². The summed E-state index contributed by atoms with van der Waals surface area (Å²) in [6, 6.07) is 16.2. The zero-order valence-electron chi connectivity index (χ0n) is 13.7. The highest BCUT2D eigenvalue weighted by Gasteiger charge is 2.29. The number of carbonyl (C=O) groups is 1. The molecule has 0 radical (unpaired) electrons. The van der Waals surface area contributed by atoms with E-state index in [0.717, 1.165) is 30.6 Å². The zero-order chi connectivity index (χ0) is 16.5. The molecular formula is C20H22N2O2. The van der Waals surface area contributed by atoms with Gasteiger partial charge in [0.15, 0.2) is 0 Å². The van der Waals surface area contributed by atoms with Crippen LogP contribution in [-0.2, 0) is 19.5 Å². The van der Waals surface area contributed by atoms with Crippen LogP contribution in [-0.4, -0.2) is 46.6 Å². The number of fused-ring (bicyclic) bond motifs is 2. The Morgan fingerprint density at radius 2 is 1.62 bits per heavy atom. The van der Waals surface area contributed by atoms with Gasteiger partial charge < -0.3 is 10.0 Å². The molecule has 4 nitrogen and oxygen atoms in total. The maximum Gasteiger partial charge on any atom is 0.254 e.